The molecule has 0 saturated heterocycles. The van der Waals surface area contributed by atoms with Gasteiger partial charge in [-0.25, -0.2) is 0 Å². The van der Waals surface area contributed by atoms with Crippen molar-refractivity contribution >= 4 is 15.9 Å². The van der Waals surface area contributed by atoms with Gasteiger partial charge in [-0.2, -0.15) is 0 Å². The van der Waals surface area contributed by atoms with Gasteiger partial charge in [0.2, 0.25) is 0 Å². The van der Waals surface area contributed by atoms with Crippen molar-refractivity contribution in [2.75, 3.05) is 20.2 Å². The normalized spacial score (nSPS) is 16.6. The summed E-state index contributed by atoms with van der Waals surface area (Å²) < 4.78 is 6.61. The molecule has 18 heavy (non-hydrogen) atoms. The van der Waals surface area contributed by atoms with E-state index in [-0.39, 0.29) is 0 Å². The molecular weight excluding hydrogens is 290 g/mol. The highest BCUT2D eigenvalue weighted by molar-refractivity contribution is 9.10. The Balaban J connectivity index is 2.05. The van der Waals surface area contributed by atoms with E-state index >= 15 is 0 Å². The minimum absolute atomic E-state index is 0.977. The second-order valence-corrected chi connectivity index (χ2v) is 6.20. The highest BCUT2D eigenvalue weighted by Crippen LogP contribution is 2.27. The van der Waals surface area contributed by atoms with Crippen LogP contribution in [-0.2, 0) is 6.54 Å². The van der Waals surface area contributed by atoms with E-state index in [1.54, 1.807) is 12.0 Å². The van der Waals surface area contributed by atoms with Gasteiger partial charge in [-0.15, -0.1) is 0 Å². The topological polar surface area (TPSA) is 13.7 Å². The lowest BCUT2D eigenvalue weighted by molar-refractivity contribution is -0.915. The van der Waals surface area contributed by atoms with Crippen LogP contribution < -0.4 is 9.64 Å². The first kappa shape index (κ1) is 13.9. The second kappa shape index (κ2) is 6.58. The highest BCUT2D eigenvalue weighted by Gasteiger charge is 2.27. The van der Waals surface area contributed by atoms with Gasteiger partial charge >= 0.3 is 0 Å². The molecule has 0 spiro atoms. The average molecular weight is 313 g/mol. The molecule has 1 saturated carbocycles. The Bertz CT molecular complexity index is 390. The number of ether oxygens (including phenoxy) is 1. The van der Waals surface area contributed by atoms with Gasteiger partial charge in [0.1, 0.15) is 12.3 Å². The maximum atomic E-state index is 5.47. The molecule has 2 nitrogen and oxygen atoms in total. The fourth-order valence-electron chi connectivity index (χ4n) is 2.50. The third-order valence-corrected chi connectivity index (χ3v) is 4.05. The fourth-order valence-corrected chi connectivity index (χ4v) is 2.91. The predicted molar refractivity (Wildman–Crippen MR) is 78.1 cm³/mol. The monoisotopic (exact) mass is 312 g/mol. The summed E-state index contributed by atoms with van der Waals surface area (Å²) in [6.45, 7) is 5.92. The smallest absolute Gasteiger partial charge is 0.127 e. The molecule has 1 aromatic carbocycles. The maximum absolute atomic E-state index is 5.47. The van der Waals surface area contributed by atoms with Crippen molar-refractivity contribution in [2.45, 2.75) is 32.7 Å². The SMILES string of the molecule is CCC[NH+](Cc1cc(Br)ccc1OC)CC1CC1. The van der Waals surface area contributed by atoms with Gasteiger partial charge < -0.3 is 9.64 Å². The average Bonchev–Trinajstić information content (AvgIpc) is 3.13. The molecule has 1 fully saturated rings. The molecule has 1 atom stereocenters. The molecule has 0 heterocycles. The first-order valence-corrected chi connectivity index (χ1v) is 7.68. The third-order valence-electron chi connectivity index (χ3n) is 3.56. The van der Waals surface area contributed by atoms with Crippen LogP contribution in [0, 0.1) is 5.92 Å². The number of rotatable bonds is 7. The molecule has 0 aromatic heterocycles. The summed E-state index contributed by atoms with van der Waals surface area (Å²) in [5.41, 5.74) is 1.32. The Morgan fingerprint density at radius 2 is 2.17 bits per heavy atom. The van der Waals surface area contributed by atoms with Crippen molar-refractivity contribution in [1.29, 1.82) is 0 Å². The van der Waals surface area contributed by atoms with Crippen molar-refractivity contribution in [3.05, 3.63) is 28.2 Å². The van der Waals surface area contributed by atoms with Gasteiger partial charge in [0.25, 0.3) is 0 Å². The summed E-state index contributed by atoms with van der Waals surface area (Å²) in [7, 11) is 1.76. The summed E-state index contributed by atoms with van der Waals surface area (Å²) in [4.78, 5) is 1.69. The van der Waals surface area contributed by atoms with Gasteiger partial charge in [0, 0.05) is 16.0 Å². The van der Waals surface area contributed by atoms with Crippen LogP contribution in [0.4, 0.5) is 0 Å². The minimum Gasteiger partial charge on any atom is -0.496 e. The van der Waals surface area contributed by atoms with E-state index in [2.05, 4.69) is 35.0 Å². The fraction of sp³-hybridized carbons (Fsp3) is 0.600. The van der Waals surface area contributed by atoms with E-state index in [0.717, 1.165) is 22.7 Å². The Kier molecular flexibility index (Phi) is 5.07. The molecule has 0 bridgehead atoms. The van der Waals surface area contributed by atoms with Gasteiger partial charge in [0.15, 0.2) is 0 Å². The Labute approximate surface area is 118 Å². The number of hydrogen-bond acceptors (Lipinski definition) is 1. The highest BCUT2D eigenvalue weighted by atomic mass is 79.9. The van der Waals surface area contributed by atoms with Gasteiger partial charge in [-0.3, -0.25) is 0 Å². The summed E-state index contributed by atoms with van der Waals surface area (Å²) >= 11 is 3.55. The van der Waals surface area contributed by atoms with E-state index in [4.69, 9.17) is 4.74 Å². The van der Waals surface area contributed by atoms with Crippen LogP contribution in [0.25, 0.3) is 0 Å². The molecule has 2 rings (SSSR count). The third kappa shape index (κ3) is 3.99. The lowest BCUT2D eigenvalue weighted by Crippen LogP contribution is -3.11. The first-order valence-electron chi connectivity index (χ1n) is 6.89. The maximum Gasteiger partial charge on any atom is 0.127 e. The van der Waals surface area contributed by atoms with Crippen molar-refractivity contribution < 1.29 is 9.64 Å². The van der Waals surface area contributed by atoms with Crippen LogP contribution in [0.2, 0.25) is 0 Å². The van der Waals surface area contributed by atoms with Gasteiger partial charge in [0.05, 0.1) is 20.2 Å². The Morgan fingerprint density at radius 1 is 1.39 bits per heavy atom. The van der Waals surface area contributed by atoms with Crippen molar-refractivity contribution in [2.24, 2.45) is 5.92 Å². The Hall–Kier alpha value is -0.540. The zero-order valence-corrected chi connectivity index (χ0v) is 12.9. The van der Waals surface area contributed by atoms with Gasteiger partial charge in [-0.05, 0) is 37.5 Å². The van der Waals surface area contributed by atoms with Crippen molar-refractivity contribution in [3.8, 4) is 5.75 Å². The first-order chi connectivity index (χ1) is 8.72. The number of methoxy groups -OCH3 is 1. The quantitative estimate of drug-likeness (QED) is 0.817. The van der Waals surface area contributed by atoms with E-state index < -0.39 is 0 Å². The lowest BCUT2D eigenvalue weighted by Gasteiger charge is -2.20. The van der Waals surface area contributed by atoms with Crippen LogP contribution in [0.5, 0.6) is 5.75 Å². The number of hydrogen-bond donors (Lipinski definition) is 1. The van der Waals surface area contributed by atoms with Crippen molar-refractivity contribution in [1.82, 2.24) is 0 Å². The molecule has 0 radical (unpaired) electrons. The lowest BCUT2D eigenvalue weighted by atomic mass is 10.1. The second-order valence-electron chi connectivity index (χ2n) is 5.28. The molecule has 3 heteroatoms. The molecule has 1 aliphatic rings. The molecule has 0 aliphatic heterocycles. The van der Waals surface area contributed by atoms with E-state index in [9.17, 15) is 0 Å². The van der Waals surface area contributed by atoms with E-state index in [0.29, 0.717) is 0 Å². The van der Waals surface area contributed by atoms with Crippen LogP contribution >= 0.6 is 15.9 Å². The number of halogens is 1. The molecule has 0 amide bonds. The molecule has 1 unspecified atom stereocenters. The molecule has 1 aromatic rings. The summed E-state index contributed by atoms with van der Waals surface area (Å²) in [6.07, 6.45) is 4.12. The number of quaternary nitrogens is 1. The van der Waals surface area contributed by atoms with Crippen LogP contribution in [0.15, 0.2) is 22.7 Å². The van der Waals surface area contributed by atoms with E-state index in [1.165, 1.54) is 37.9 Å². The predicted octanol–water partition coefficient (Wildman–Crippen LogP) is 2.66. The molecule has 1 aliphatic carbocycles. The van der Waals surface area contributed by atoms with Crippen molar-refractivity contribution in [3.63, 3.8) is 0 Å². The summed E-state index contributed by atoms with van der Waals surface area (Å²) in [6, 6.07) is 6.30. The molecule has 1 N–H and O–H groups in total. The van der Waals surface area contributed by atoms with Gasteiger partial charge in [-0.1, -0.05) is 22.9 Å². The van der Waals surface area contributed by atoms with Crippen LogP contribution in [0.3, 0.4) is 0 Å². The minimum atomic E-state index is 0.977. The number of benzene rings is 1. The summed E-state index contributed by atoms with van der Waals surface area (Å²) in [5.74, 6) is 1.99. The van der Waals surface area contributed by atoms with Crippen LogP contribution in [0.1, 0.15) is 31.7 Å². The van der Waals surface area contributed by atoms with Crippen LogP contribution in [-0.4, -0.2) is 20.2 Å². The molecule has 100 valence electrons. The zero-order chi connectivity index (χ0) is 13.0. The molecular formula is C15H23BrNO+. The Morgan fingerprint density at radius 3 is 2.78 bits per heavy atom. The number of nitrogens with one attached hydrogen (secondary N) is 1. The summed E-state index contributed by atoms with van der Waals surface area (Å²) in [5, 5.41) is 0. The van der Waals surface area contributed by atoms with E-state index in [1.807, 2.05) is 6.07 Å². The zero-order valence-electron chi connectivity index (χ0n) is 11.3. The standard InChI is InChI=1S/C15H22BrNO/c1-3-8-17(10-12-4-5-12)11-13-9-14(16)6-7-15(13)18-2/h6-7,9,12H,3-5,8,10-11H2,1-2H3/p+1. The largest absolute Gasteiger partial charge is 0.496 e.